The third-order valence-electron chi connectivity index (χ3n) is 3.79. The molecule has 10 nitrogen and oxygen atoms in total. The number of esters is 1. The van der Waals surface area contributed by atoms with Crippen LogP contribution in [0.15, 0.2) is 30.3 Å². The van der Waals surface area contributed by atoms with Crippen molar-refractivity contribution in [1.82, 2.24) is 0 Å². The second-order valence-corrected chi connectivity index (χ2v) is 6.86. The van der Waals surface area contributed by atoms with Gasteiger partial charge in [0.15, 0.2) is 6.29 Å². The van der Waals surface area contributed by atoms with E-state index in [1.807, 2.05) is 0 Å². The number of ether oxygens (including phenoxy) is 2. The number of hydrogen-bond donors (Lipinski definition) is 6. The molecule has 1 aromatic rings. The van der Waals surface area contributed by atoms with E-state index in [1.54, 1.807) is 30.3 Å². The van der Waals surface area contributed by atoms with Crippen LogP contribution in [0.2, 0.25) is 0 Å². The SMILES string of the molecule is N[C@H](CSC(=O)Nc1ccccc1)C(=O)OC[C@@H]1O[C@H](O)[C@H](O)[C@@H](O)[C@@H]1O. The molecule has 0 spiro atoms. The minimum Gasteiger partial charge on any atom is -0.462 e. The van der Waals surface area contributed by atoms with Crippen LogP contribution in [0.25, 0.3) is 0 Å². The maximum Gasteiger partial charge on any atom is 0.323 e. The zero-order valence-electron chi connectivity index (χ0n) is 14.2. The molecule has 0 radical (unpaired) electrons. The molecule has 1 aliphatic heterocycles. The fourth-order valence-corrected chi connectivity index (χ4v) is 2.91. The van der Waals surface area contributed by atoms with Gasteiger partial charge in [0.2, 0.25) is 0 Å². The topological polar surface area (TPSA) is 172 Å². The molecule has 1 amide bonds. The van der Waals surface area contributed by atoms with Crippen molar-refractivity contribution in [3.8, 4) is 0 Å². The Balaban J connectivity index is 1.73. The third kappa shape index (κ3) is 6.14. The molecule has 0 unspecified atom stereocenters. The molecule has 27 heavy (non-hydrogen) atoms. The molecule has 1 aromatic carbocycles. The second-order valence-electron chi connectivity index (χ2n) is 5.86. The largest absolute Gasteiger partial charge is 0.462 e. The predicted octanol–water partition coefficient (Wildman–Crippen LogP) is -1.38. The Morgan fingerprint density at radius 2 is 1.81 bits per heavy atom. The summed E-state index contributed by atoms with van der Waals surface area (Å²) in [5, 5.41) is 40.4. The summed E-state index contributed by atoms with van der Waals surface area (Å²) >= 11 is 0.801. The van der Waals surface area contributed by atoms with Gasteiger partial charge in [-0.25, -0.2) is 0 Å². The summed E-state index contributed by atoms with van der Waals surface area (Å²) in [7, 11) is 0. The number of nitrogens with one attached hydrogen (secondary N) is 1. The van der Waals surface area contributed by atoms with Gasteiger partial charge >= 0.3 is 5.97 Å². The molecule has 11 heteroatoms. The number of aliphatic hydroxyl groups is 4. The van der Waals surface area contributed by atoms with Crippen LogP contribution in [0, 0.1) is 0 Å². The molecule has 0 aromatic heterocycles. The highest BCUT2D eigenvalue weighted by atomic mass is 32.2. The molecule has 1 fully saturated rings. The van der Waals surface area contributed by atoms with Gasteiger partial charge in [0.05, 0.1) is 0 Å². The minimum atomic E-state index is -1.72. The Bertz CT molecular complexity index is 634. The number of carbonyl (C=O) groups is 2. The lowest BCUT2D eigenvalue weighted by atomic mass is 9.99. The van der Waals surface area contributed by atoms with Gasteiger partial charge in [-0.05, 0) is 12.1 Å². The van der Waals surface area contributed by atoms with Crippen molar-refractivity contribution in [3.05, 3.63) is 30.3 Å². The Labute approximate surface area is 159 Å². The highest BCUT2D eigenvalue weighted by molar-refractivity contribution is 8.13. The number of para-hydroxylation sites is 1. The van der Waals surface area contributed by atoms with E-state index in [1.165, 1.54) is 0 Å². The molecule has 1 aliphatic rings. The molecule has 1 saturated heterocycles. The van der Waals surface area contributed by atoms with E-state index in [4.69, 9.17) is 15.2 Å². The number of amides is 1. The van der Waals surface area contributed by atoms with Gasteiger partial charge < -0.3 is 41.0 Å². The lowest BCUT2D eigenvalue weighted by molar-refractivity contribution is -0.287. The van der Waals surface area contributed by atoms with Crippen molar-refractivity contribution in [2.75, 3.05) is 17.7 Å². The maximum absolute atomic E-state index is 11.9. The minimum absolute atomic E-state index is 0.0461. The molecule has 1 heterocycles. The lowest BCUT2D eigenvalue weighted by Crippen LogP contribution is -2.58. The zero-order valence-corrected chi connectivity index (χ0v) is 15.0. The molecule has 150 valence electrons. The van der Waals surface area contributed by atoms with Gasteiger partial charge in [0, 0.05) is 11.4 Å². The molecule has 7 N–H and O–H groups in total. The first-order chi connectivity index (χ1) is 12.8. The van der Waals surface area contributed by atoms with Gasteiger partial charge in [0.1, 0.15) is 37.1 Å². The van der Waals surface area contributed by atoms with Crippen molar-refractivity contribution in [3.63, 3.8) is 0 Å². The number of aliphatic hydroxyl groups excluding tert-OH is 4. The first kappa shape index (κ1) is 21.6. The highest BCUT2D eigenvalue weighted by Crippen LogP contribution is 2.20. The predicted molar refractivity (Wildman–Crippen MR) is 95.8 cm³/mol. The molecular weight excluding hydrogens is 380 g/mol. The van der Waals surface area contributed by atoms with Gasteiger partial charge in [-0.15, -0.1) is 0 Å². The average Bonchev–Trinajstić information content (AvgIpc) is 2.66. The van der Waals surface area contributed by atoms with Crippen LogP contribution in [-0.4, -0.2) is 80.7 Å². The van der Waals surface area contributed by atoms with E-state index < -0.39 is 54.6 Å². The first-order valence-electron chi connectivity index (χ1n) is 8.08. The number of carbonyl (C=O) groups excluding carboxylic acids is 2. The first-order valence-corrected chi connectivity index (χ1v) is 9.07. The van der Waals surface area contributed by atoms with Crippen LogP contribution >= 0.6 is 11.8 Å². The number of nitrogens with two attached hydrogens (primary N) is 1. The van der Waals surface area contributed by atoms with Gasteiger partial charge in [-0.2, -0.15) is 0 Å². The number of thioether (sulfide) groups is 1. The highest BCUT2D eigenvalue weighted by Gasteiger charge is 2.43. The molecule has 0 bridgehead atoms. The van der Waals surface area contributed by atoms with Crippen LogP contribution < -0.4 is 11.1 Å². The molecule has 6 atom stereocenters. The number of hydrogen-bond acceptors (Lipinski definition) is 10. The monoisotopic (exact) mass is 402 g/mol. The van der Waals surface area contributed by atoms with Crippen molar-refractivity contribution in [2.45, 2.75) is 36.7 Å². The fourth-order valence-electron chi connectivity index (χ4n) is 2.25. The van der Waals surface area contributed by atoms with Crippen LogP contribution in [0.5, 0.6) is 0 Å². The van der Waals surface area contributed by atoms with Crippen molar-refractivity contribution >= 4 is 28.7 Å². The van der Waals surface area contributed by atoms with E-state index in [-0.39, 0.29) is 5.75 Å². The molecule has 0 aliphatic carbocycles. The van der Waals surface area contributed by atoms with Crippen molar-refractivity contribution in [1.29, 1.82) is 0 Å². The average molecular weight is 402 g/mol. The van der Waals surface area contributed by atoms with Crippen LogP contribution in [-0.2, 0) is 14.3 Å². The smallest absolute Gasteiger partial charge is 0.323 e. The summed E-state index contributed by atoms with van der Waals surface area (Å²) in [6, 6.07) is 7.64. The van der Waals surface area contributed by atoms with Crippen molar-refractivity contribution < 1.29 is 39.5 Å². The quantitative estimate of drug-likeness (QED) is 0.312. The third-order valence-corrected chi connectivity index (χ3v) is 4.68. The maximum atomic E-state index is 11.9. The zero-order chi connectivity index (χ0) is 20.0. The number of rotatable bonds is 6. The Hall–Kier alpha value is -1.73. The van der Waals surface area contributed by atoms with E-state index >= 15 is 0 Å². The van der Waals surface area contributed by atoms with E-state index in [2.05, 4.69) is 5.32 Å². The number of benzene rings is 1. The van der Waals surface area contributed by atoms with E-state index in [0.29, 0.717) is 5.69 Å². The fraction of sp³-hybridized carbons (Fsp3) is 0.500. The molecule has 2 rings (SSSR count). The molecule has 0 saturated carbocycles. The Morgan fingerprint density at radius 1 is 1.15 bits per heavy atom. The van der Waals surface area contributed by atoms with Crippen LogP contribution in [0.4, 0.5) is 10.5 Å². The molecular formula is C16H22N2O8S. The summed E-state index contributed by atoms with van der Waals surface area (Å²) in [5.41, 5.74) is 6.27. The van der Waals surface area contributed by atoms with Crippen LogP contribution in [0.3, 0.4) is 0 Å². The van der Waals surface area contributed by atoms with Crippen molar-refractivity contribution in [2.24, 2.45) is 5.73 Å². The lowest BCUT2D eigenvalue weighted by Gasteiger charge is -2.37. The summed E-state index contributed by atoms with van der Waals surface area (Å²) in [4.78, 5) is 23.7. The normalized spacial score (nSPS) is 29.0. The Morgan fingerprint density at radius 3 is 2.48 bits per heavy atom. The summed E-state index contributed by atoms with van der Waals surface area (Å²) < 4.78 is 9.78. The summed E-state index contributed by atoms with van der Waals surface area (Å²) in [6.07, 6.45) is -7.84. The van der Waals surface area contributed by atoms with E-state index in [0.717, 1.165) is 11.8 Å². The van der Waals surface area contributed by atoms with Gasteiger partial charge in [-0.1, -0.05) is 30.0 Å². The van der Waals surface area contributed by atoms with E-state index in [9.17, 15) is 30.0 Å². The van der Waals surface area contributed by atoms with Gasteiger partial charge in [-0.3, -0.25) is 9.59 Å². The Kier molecular flexibility index (Phi) is 7.98. The number of anilines is 1. The summed E-state index contributed by atoms with van der Waals surface area (Å²) in [5.74, 6) is -0.892. The van der Waals surface area contributed by atoms with Crippen LogP contribution in [0.1, 0.15) is 0 Å². The van der Waals surface area contributed by atoms with Gasteiger partial charge in [0.25, 0.3) is 5.24 Å². The summed E-state index contributed by atoms with van der Waals surface area (Å²) in [6.45, 7) is -0.491. The second kappa shape index (κ2) is 9.99. The standard InChI is InChI=1S/C16H22N2O8S/c17-9(7-27-16(24)18-8-4-2-1-3-5-8)14(22)25-6-10-11(19)12(20)13(21)15(23)26-10/h1-5,9-13,15,19-21,23H,6-7,17H2,(H,18,24)/t9-,10+,11-,12+,13-,15+/m1/s1.